The normalized spacial score (nSPS) is 27.0. The number of aliphatic hydroxyl groups excluding tert-OH is 1. The molecule has 1 unspecified atom stereocenters. The van der Waals surface area contributed by atoms with E-state index in [1.165, 1.54) is 34.4 Å². The Balaban J connectivity index is 1.77. The van der Waals surface area contributed by atoms with Crippen LogP contribution in [0.2, 0.25) is 0 Å². The van der Waals surface area contributed by atoms with Gasteiger partial charge >= 0.3 is 0 Å². The fourth-order valence-electron chi connectivity index (χ4n) is 5.07. The van der Waals surface area contributed by atoms with Gasteiger partial charge in [0.1, 0.15) is 5.82 Å². The summed E-state index contributed by atoms with van der Waals surface area (Å²) in [5.74, 6) is 0.377. The van der Waals surface area contributed by atoms with Gasteiger partial charge in [-0.2, -0.15) is 0 Å². The standard InChI is InChI=1S/C25H29FO2/c1-16(2)22-9-4-17(3)12-23(22)20-13-25(28-15-20)11-10-19(14-27)24(25)18-5-7-21(26)8-6-18/h4-9,12-13,16,19,24,27H,10-11,14-15H2,1-3H3/t19?,24-,25-/m1/s1. The molecule has 4 rings (SSSR count). The Kier molecular flexibility index (Phi) is 5.15. The lowest BCUT2D eigenvalue weighted by molar-refractivity contribution is 0.0107. The van der Waals surface area contributed by atoms with Crippen LogP contribution in [-0.4, -0.2) is 23.9 Å². The van der Waals surface area contributed by atoms with Crippen LogP contribution in [0.3, 0.4) is 0 Å². The number of benzene rings is 2. The molecule has 1 N–H and O–H groups in total. The van der Waals surface area contributed by atoms with Crippen LogP contribution < -0.4 is 0 Å². The third-order valence-corrected chi connectivity index (χ3v) is 6.46. The summed E-state index contributed by atoms with van der Waals surface area (Å²) < 4.78 is 19.9. The molecule has 1 saturated carbocycles. The van der Waals surface area contributed by atoms with E-state index in [9.17, 15) is 9.50 Å². The van der Waals surface area contributed by atoms with Crippen molar-refractivity contribution in [2.45, 2.75) is 51.0 Å². The Morgan fingerprint density at radius 2 is 1.93 bits per heavy atom. The van der Waals surface area contributed by atoms with Crippen LogP contribution in [0.4, 0.5) is 4.39 Å². The van der Waals surface area contributed by atoms with Gasteiger partial charge in [-0.1, -0.05) is 49.7 Å². The minimum absolute atomic E-state index is 0.0444. The van der Waals surface area contributed by atoms with E-state index in [0.29, 0.717) is 12.5 Å². The Hall–Kier alpha value is -1.97. The summed E-state index contributed by atoms with van der Waals surface area (Å²) in [4.78, 5) is 0. The van der Waals surface area contributed by atoms with Crippen LogP contribution in [0.25, 0.3) is 5.57 Å². The monoisotopic (exact) mass is 380 g/mol. The van der Waals surface area contributed by atoms with Gasteiger partial charge < -0.3 is 9.84 Å². The molecule has 0 saturated heterocycles. The number of hydrogen-bond acceptors (Lipinski definition) is 2. The van der Waals surface area contributed by atoms with Crippen molar-refractivity contribution >= 4 is 5.57 Å². The third-order valence-electron chi connectivity index (χ3n) is 6.46. The largest absolute Gasteiger partial charge is 0.396 e. The second-order valence-electron chi connectivity index (χ2n) is 8.67. The maximum atomic E-state index is 13.5. The summed E-state index contributed by atoms with van der Waals surface area (Å²) in [5, 5.41) is 9.98. The fraction of sp³-hybridized carbons (Fsp3) is 0.440. The summed E-state index contributed by atoms with van der Waals surface area (Å²) in [5.41, 5.74) is 5.72. The number of hydrogen-bond donors (Lipinski definition) is 1. The first kappa shape index (κ1) is 19.4. The average molecular weight is 381 g/mol. The van der Waals surface area contributed by atoms with Crippen LogP contribution in [0, 0.1) is 18.7 Å². The molecule has 2 aliphatic rings. The molecular weight excluding hydrogens is 351 g/mol. The molecule has 0 amide bonds. The van der Waals surface area contributed by atoms with E-state index < -0.39 is 5.60 Å². The predicted octanol–water partition coefficient (Wildman–Crippen LogP) is 5.60. The first-order chi connectivity index (χ1) is 13.4. The average Bonchev–Trinajstić information content (AvgIpc) is 3.26. The zero-order valence-corrected chi connectivity index (χ0v) is 16.9. The summed E-state index contributed by atoms with van der Waals surface area (Å²) >= 11 is 0. The molecule has 1 aliphatic heterocycles. The molecule has 1 aliphatic carbocycles. The van der Waals surface area contributed by atoms with Crippen molar-refractivity contribution in [3.05, 3.63) is 76.6 Å². The van der Waals surface area contributed by atoms with E-state index in [1.54, 1.807) is 0 Å². The summed E-state index contributed by atoms with van der Waals surface area (Å²) in [6.45, 7) is 7.27. The van der Waals surface area contributed by atoms with Crippen LogP contribution in [0.5, 0.6) is 0 Å². The zero-order valence-electron chi connectivity index (χ0n) is 16.9. The van der Waals surface area contributed by atoms with Crippen molar-refractivity contribution in [3.8, 4) is 0 Å². The predicted molar refractivity (Wildman–Crippen MR) is 111 cm³/mol. The number of ether oxygens (including phenoxy) is 1. The van der Waals surface area contributed by atoms with Crippen molar-refractivity contribution in [2.75, 3.05) is 13.2 Å². The lowest BCUT2D eigenvalue weighted by atomic mass is 9.79. The highest BCUT2D eigenvalue weighted by Gasteiger charge is 2.51. The molecule has 1 fully saturated rings. The molecule has 1 heterocycles. The van der Waals surface area contributed by atoms with E-state index in [4.69, 9.17) is 4.74 Å². The van der Waals surface area contributed by atoms with E-state index in [1.807, 2.05) is 12.1 Å². The van der Waals surface area contributed by atoms with E-state index in [2.05, 4.69) is 45.0 Å². The summed E-state index contributed by atoms with van der Waals surface area (Å²) in [6, 6.07) is 13.4. The van der Waals surface area contributed by atoms with Gasteiger partial charge in [0.15, 0.2) is 0 Å². The second kappa shape index (κ2) is 7.46. The number of rotatable bonds is 4. The van der Waals surface area contributed by atoms with Gasteiger partial charge in [-0.05, 0) is 72.1 Å². The molecule has 2 aromatic carbocycles. The molecule has 3 heteroatoms. The lowest BCUT2D eigenvalue weighted by Crippen LogP contribution is -2.33. The Morgan fingerprint density at radius 3 is 2.61 bits per heavy atom. The van der Waals surface area contributed by atoms with Crippen molar-refractivity contribution in [2.24, 2.45) is 5.92 Å². The quantitative estimate of drug-likeness (QED) is 0.748. The van der Waals surface area contributed by atoms with Crippen LogP contribution in [-0.2, 0) is 4.74 Å². The van der Waals surface area contributed by atoms with Gasteiger partial charge in [-0.25, -0.2) is 4.39 Å². The molecule has 148 valence electrons. The van der Waals surface area contributed by atoms with Gasteiger partial charge in [0.2, 0.25) is 0 Å². The molecule has 2 nitrogen and oxygen atoms in total. The minimum atomic E-state index is -0.418. The van der Waals surface area contributed by atoms with Crippen molar-refractivity contribution in [1.82, 2.24) is 0 Å². The van der Waals surface area contributed by atoms with E-state index >= 15 is 0 Å². The van der Waals surface area contributed by atoms with Gasteiger partial charge in [-0.15, -0.1) is 0 Å². The highest BCUT2D eigenvalue weighted by molar-refractivity contribution is 5.73. The second-order valence-corrected chi connectivity index (χ2v) is 8.67. The SMILES string of the molecule is Cc1ccc(C(C)C)c(C2=C[C@@]3(CCC(CO)[C@H]3c3ccc(F)cc3)OC2)c1. The van der Waals surface area contributed by atoms with Crippen molar-refractivity contribution < 1.29 is 14.2 Å². The molecule has 2 aromatic rings. The number of aliphatic hydroxyl groups is 1. The molecule has 0 aromatic heterocycles. The molecule has 3 atom stereocenters. The summed E-state index contributed by atoms with van der Waals surface area (Å²) in [6.07, 6.45) is 4.09. The van der Waals surface area contributed by atoms with Gasteiger partial charge in [0.25, 0.3) is 0 Å². The first-order valence-corrected chi connectivity index (χ1v) is 10.3. The highest BCUT2D eigenvalue weighted by atomic mass is 19.1. The lowest BCUT2D eigenvalue weighted by Gasteiger charge is -2.32. The Bertz CT molecular complexity index is 884. The van der Waals surface area contributed by atoms with E-state index in [0.717, 1.165) is 18.4 Å². The molecular formula is C25H29FO2. The van der Waals surface area contributed by atoms with Gasteiger partial charge in [-0.3, -0.25) is 0 Å². The van der Waals surface area contributed by atoms with Crippen molar-refractivity contribution in [1.29, 1.82) is 0 Å². The van der Waals surface area contributed by atoms with Crippen molar-refractivity contribution in [3.63, 3.8) is 0 Å². The maximum absolute atomic E-state index is 13.5. The minimum Gasteiger partial charge on any atom is -0.396 e. The maximum Gasteiger partial charge on any atom is 0.123 e. The van der Waals surface area contributed by atoms with Gasteiger partial charge in [0.05, 0.1) is 12.2 Å². The summed E-state index contributed by atoms with van der Waals surface area (Å²) in [7, 11) is 0. The van der Waals surface area contributed by atoms with Crippen LogP contribution >= 0.6 is 0 Å². The Morgan fingerprint density at radius 1 is 1.18 bits per heavy atom. The highest BCUT2D eigenvalue weighted by Crippen LogP contribution is 2.53. The topological polar surface area (TPSA) is 29.5 Å². The third kappa shape index (κ3) is 3.31. The van der Waals surface area contributed by atoms with Crippen LogP contribution in [0.15, 0.2) is 48.5 Å². The van der Waals surface area contributed by atoms with Crippen LogP contribution in [0.1, 0.15) is 60.8 Å². The van der Waals surface area contributed by atoms with Gasteiger partial charge in [0, 0.05) is 12.5 Å². The number of halogens is 1. The number of aryl methyl sites for hydroxylation is 1. The first-order valence-electron chi connectivity index (χ1n) is 10.3. The van der Waals surface area contributed by atoms with E-state index in [-0.39, 0.29) is 24.3 Å². The molecule has 1 spiro atoms. The molecule has 28 heavy (non-hydrogen) atoms. The Labute approximate surface area is 167 Å². The molecule has 0 radical (unpaired) electrons. The smallest absolute Gasteiger partial charge is 0.123 e. The molecule has 0 bridgehead atoms. The zero-order chi connectivity index (χ0) is 19.9. The fourth-order valence-corrected chi connectivity index (χ4v) is 5.07.